The summed E-state index contributed by atoms with van der Waals surface area (Å²) in [6.07, 6.45) is 15.6. The Bertz CT molecular complexity index is 242. The van der Waals surface area contributed by atoms with Gasteiger partial charge in [0.15, 0.2) is 0 Å². The molecule has 0 saturated heterocycles. The van der Waals surface area contributed by atoms with Crippen molar-refractivity contribution in [3.05, 3.63) is 0 Å². The van der Waals surface area contributed by atoms with E-state index in [0.29, 0.717) is 6.61 Å². The summed E-state index contributed by atoms with van der Waals surface area (Å²) in [4.78, 5) is 14.2. The number of carbonyl (C=O) groups is 1. The third kappa shape index (κ3) is 14.6. The van der Waals surface area contributed by atoms with Crippen molar-refractivity contribution in [1.82, 2.24) is 4.90 Å². The number of hydrogen-bond donors (Lipinski definition) is 0. The second-order valence-corrected chi connectivity index (χ2v) is 6.64. The number of carbonyl (C=O) groups excluding carboxylic acids is 1. The van der Waals surface area contributed by atoms with Crippen LogP contribution in [0.15, 0.2) is 0 Å². The average Bonchev–Trinajstić information content (AvgIpc) is 2.56. The monoisotopic (exact) mass is 327 g/mol. The van der Waals surface area contributed by atoms with Gasteiger partial charge in [-0.1, -0.05) is 85.0 Å². The molecule has 0 aromatic carbocycles. The van der Waals surface area contributed by atoms with Crippen LogP contribution < -0.4 is 0 Å². The molecule has 0 bridgehead atoms. The molecule has 0 saturated carbocycles. The Kier molecular flexibility index (Phi) is 17.1. The largest absolute Gasteiger partial charge is 0.449 e. The molecule has 0 atom stereocenters. The van der Waals surface area contributed by atoms with E-state index in [-0.39, 0.29) is 6.09 Å². The summed E-state index contributed by atoms with van der Waals surface area (Å²) in [5, 5.41) is 0. The van der Waals surface area contributed by atoms with Gasteiger partial charge in [-0.2, -0.15) is 0 Å². The van der Waals surface area contributed by atoms with E-state index in [1.807, 2.05) is 4.90 Å². The van der Waals surface area contributed by atoms with Gasteiger partial charge < -0.3 is 9.64 Å². The van der Waals surface area contributed by atoms with Gasteiger partial charge in [-0.25, -0.2) is 4.79 Å². The van der Waals surface area contributed by atoms with Gasteiger partial charge in [0.25, 0.3) is 0 Å². The van der Waals surface area contributed by atoms with Gasteiger partial charge in [0.2, 0.25) is 0 Å². The van der Waals surface area contributed by atoms with Gasteiger partial charge in [0.05, 0.1) is 6.61 Å². The normalized spacial score (nSPS) is 10.7. The van der Waals surface area contributed by atoms with Gasteiger partial charge in [0, 0.05) is 13.1 Å². The van der Waals surface area contributed by atoms with E-state index in [1.165, 1.54) is 51.4 Å². The number of amides is 1. The molecular formula is C20H41NO2. The summed E-state index contributed by atoms with van der Waals surface area (Å²) in [5.74, 6) is 0. The van der Waals surface area contributed by atoms with E-state index in [4.69, 9.17) is 4.74 Å². The van der Waals surface area contributed by atoms with E-state index in [9.17, 15) is 4.79 Å². The van der Waals surface area contributed by atoms with Crippen molar-refractivity contribution in [2.45, 2.75) is 104 Å². The highest BCUT2D eigenvalue weighted by molar-refractivity contribution is 5.67. The molecule has 0 spiro atoms. The Balaban J connectivity index is 4.00. The van der Waals surface area contributed by atoms with Crippen LogP contribution in [-0.4, -0.2) is 30.7 Å². The molecule has 3 nitrogen and oxygen atoms in total. The zero-order chi connectivity index (χ0) is 17.2. The fourth-order valence-corrected chi connectivity index (χ4v) is 2.71. The first-order valence-electron chi connectivity index (χ1n) is 10.2. The smallest absolute Gasteiger partial charge is 0.409 e. The zero-order valence-electron chi connectivity index (χ0n) is 16.1. The minimum absolute atomic E-state index is 0.0907. The van der Waals surface area contributed by atoms with E-state index in [2.05, 4.69) is 20.8 Å². The molecule has 0 rings (SSSR count). The maximum atomic E-state index is 12.2. The third-order valence-corrected chi connectivity index (χ3v) is 4.29. The Hall–Kier alpha value is -0.730. The molecule has 138 valence electrons. The van der Waals surface area contributed by atoms with Crippen molar-refractivity contribution in [3.8, 4) is 0 Å². The van der Waals surface area contributed by atoms with Gasteiger partial charge >= 0.3 is 6.09 Å². The van der Waals surface area contributed by atoms with Crippen molar-refractivity contribution < 1.29 is 9.53 Å². The molecule has 0 unspecified atom stereocenters. The Labute approximate surface area is 145 Å². The standard InChI is InChI=1S/C20H41NO2/c1-4-7-10-12-14-17-21(18-15-13-11-8-5-2)20(22)23-19-16-9-6-3/h4-19H2,1-3H3. The average molecular weight is 328 g/mol. The first kappa shape index (κ1) is 22.3. The van der Waals surface area contributed by atoms with Crippen molar-refractivity contribution in [1.29, 1.82) is 0 Å². The van der Waals surface area contributed by atoms with Crippen LogP contribution in [0.25, 0.3) is 0 Å². The molecule has 0 N–H and O–H groups in total. The minimum atomic E-state index is -0.0907. The molecule has 0 radical (unpaired) electrons. The molecule has 0 aromatic rings. The van der Waals surface area contributed by atoms with Crippen molar-refractivity contribution in [3.63, 3.8) is 0 Å². The van der Waals surface area contributed by atoms with Gasteiger partial charge in [-0.15, -0.1) is 0 Å². The molecular weight excluding hydrogens is 286 g/mol. The lowest BCUT2D eigenvalue weighted by atomic mass is 10.1. The predicted molar refractivity (Wildman–Crippen MR) is 100.0 cm³/mol. The quantitative estimate of drug-likeness (QED) is 0.301. The highest BCUT2D eigenvalue weighted by Crippen LogP contribution is 2.09. The Morgan fingerprint density at radius 2 is 1.09 bits per heavy atom. The van der Waals surface area contributed by atoms with Crippen LogP contribution >= 0.6 is 0 Å². The SMILES string of the molecule is CCCCCCCN(CCCCCCC)C(=O)OCCCCC. The summed E-state index contributed by atoms with van der Waals surface area (Å²) in [6.45, 7) is 8.94. The number of unbranched alkanes of at least 4 members (excludes halogenated alkanes) is 10. The topological polar surface area (TPSA) is 29.5 Å². The fourth-order valence-electron chi connectivity index (χ4n) is 2.71. The number of rotatable bonds is 16. The van der Waals surface area contributed by atoms with E-state index in [1.54, 1.807) is 0 Å². The number of hydrogen-bond acceptors (Lipinski definition) is 2. The van der Waals surface area contributed by atoms with Crippen LogP contribution in [0.2, 0.25) is 0 Å². The van der Waals surface area contributed by atoms with E-state index >= 15 is 0 Å². The van der Waals surface area contributed by atoms with Crippen molar-refractivity contribution >= 4 is 6.09 Å². The van der Waals surface area contributed by atoms with Crippen LogP contribution in [0, 0.1) is 0 Å². The van der Waals surface area contributed by atoms with Gasteiger partial charge in [-0.3, -0.25) is 0 Å². The second-order valence-electron chi connectivity index (χ2n) is 6.64. The maximum Gasteiger partial charge on any atom is 0.409 e. The highest BCUT2D eigenvalue weighted by atomic mass is 16.6. The molecule has 0 fully saturated rings. The Morgan fingerprint density at radius 3 is 1.57 bits per heavy atom. The number of ether oxygens (including phenoxy) is 1. The lowest BCUT2D eigenvalue weighted by Gasteiger charge is -2.22. The summed E-state index contributed by atoms with van der Waals surface area (Å²) >= 11 is 0. The molecule has 0 aliphatic carbocycles. The lowest BCUT2D eigenvalue weighted by Crippen LogP contribution is -2.33. The second kappa shape index (κ2) is 17.6. The summed E-state index contributed by atoms with van der Waals surface area (Å²) in [5.41, 5.74) is 0. The molecule has 0 aliphatic heterocycles. The van der Waals surface area contributed by atoms with Crippen LogP contribution in [0.3, 0.4) is 0 Å². The molecule has 3 heteroatoms. The first-order chi connectivity index (χ1) is 11.3. The molecule has 0 aromatic heterocycles. The fraction of sp³-hybridized carbons (Fsp3) is 0.950. The molecule has 0 heterocycles. The Morgan fingerprint density at radius 1 is 0.652 bits per heavy atom. The van der Waals surface area contributed by atoms with Crippen molar-refractivity contribution in [2.24, 2.45) is 0 Å². The minimum Gasteiger partial charge on any atom is -0.449 e. The van der Waals surface area contributed by atoms with Crippen LogP contribution in [0.5, 0.6) is 0 Å². The van der Waals surface area contributed by atoms with Gasteiger partial charge in [-0.05, 0) is 19.3 Å². The highest BCUT2D eigenvalue weighted by Gasteiger charge is 2.13. The summed E-state index contributed by atoms with van der Waals surface area (Å²) < 4.78 is 5.45. The molecule has 1 amide bonds. The lowest BCUT2D eigenvalue weighted by molar-refractivity contribution is 0.0991. The summed E-state index contributed by atoms with van der Waals surface area (Å²) in [6, 6.07) is 0. The summed E-state index contributed by atoms with van der Waals surface area (Å²) in [7, 11) is 0. The predicted octanol–water partition coefficient (Wildman–Crippen LogP) is 6.56. The van der Waals surface area contributed by atoms with Crippen LogP contribution in [0.4, 0.5) is 4.79 Å². The van der Waals surface area contributed by atoms with E-state index < -0.39 is 0 Å². The molecule has 0 aliphatic rings. The number of nitrogens with zero attached hydrogens (tertiary/aromatic N) is 1. The van der Waals surface area contributed by atoms with Crippen LogP contribution in [-0.2, 0) is 4.74 Å². The van der Waals surface area contributed by atoms with E-state index in [0.717, 1.165) is 45.2 Å². The molecule has 23 heavy (non-hydrogen) atoms. The van der Waals surface area contributed by atoms with Gasteiger partial charge in [0.1, 0.15) is 0 Å². The third-order valence-electron chi connectivity index (χ3n) is 4.29. The first-order valence-corrected chi connectivity index (χ1v) is 10.2. The zero-order valence-corrected chi connectivity index (χ0v) is 16.1. The van der Waals surface area contributed by atoms with Crippen LogP contribution in [0.1, 0.15) is 104 Å². The maximum absolute atomic E-state index is 12.2. The van der Waals surface area contributed by atoms with Crippen molar-refractivity contribution in [2.75, 3.05) is 19.7 Å².